The van der Waals surface area contributed by atoms with Crippen molar-refractivity contribution in [3.8, 4) is 0 Å². The molecule has 0 unspecified atom stereocenters. The predicted molar refractivity (Wildman–Crippen MR) is 244 cm³/mol. The average Bonchev–Trinajstić information content (AvgIpc) is 3.21. The van der Waals surface area contributed by atoms with Crippen LogP contribution in [0.15, 0.2) is 9.59 Å². The van der Waals surface area contributed by atoms with Crippen molar-refractivity contribution in [2.75, 3.05) is 50.5 Å². The molecule has 0 radical (unpaired) electrons. The van der Waals surface area contributed by atoms with Crippen molar-refractivity contribution < 1.29 is 19.4 Å². The van der Waals surface area contributed by atoms with Gasteiger partial charge in [-0.15, -0.1) is 0 Å². The summed E-state index contributed by atoms with van der Waals surface area (Å²) in [5.74, 6) is 1.63. The summed E-state index contributed by atoms with van der Waals surface area (Å²) in [7, 11) is 1.69. The zero-order chi connectivity index (χ0) is 42.2. The Balaban J connectivity index is 0.0000101. The zero-order valence-electron chi connectivity index (χ0n) is 37.9. The van der Waals surface area contributed by atoms with E-state index in [1.165, 1.54) is 154 Å². The molecule has 0 aliphatic rings. The van der Waals surface area contributed by atoms with Gasteiger partial charge in [-0.1, -0.05) is 182 Å². The SMILES string of the molecule is CCCCCCC(CCCCCC)CCCCCCCN(CCCCCCCC(=O)OCCC(CCCC)CCCC)CCCNc1c(NC)c(=O)c1=O.O=CO. The maximum Gasteiger partial charge on any atom is 0.305 e. The van der Waals surface area contributed by atoms with Gasteiger partial charge in [0.05, 0.1) is 6.61 Å². The Bertz CT molecular complexity index is 1100. The van der Waals surface area contributed by atoms with Crippen molar-refractivity contribution in [3.63, 3.8) is 0 Å². The first-order valence-corrected chi connectivity index (χ1v) is 24.0. The molecule has 1 aromatic rings. The Hall–Kier alpha value is -2.42. The third-order valence-electron chi connectivity index (χ3n) is 11.7. The van der Waals surface area contributed by atoms with Gasteiger partial charge in [0, 0.05) is 20.0 Å². The molecule has 0 heterocycles. The third kappa shape index (κ3) is 30.3. The summed E-state index contributed by atoms with van der Waals surface area (Å²) >= 11 is 0. The van der Waals surface area contributed by atoms with Gasteiger partial charge in [0.25, 0.3) is 17.3 Å². The molecule has 57 heavy (non-hydrogen) atoms. The van der Waals surface area contributed by atoms with Crippen molar-refractivity contribution in [2.45, 2.75) is 220 Å². The van der Waals surface area contributed by atoms with Gasteiger partial charge in [-0.05, 0) is 63.6 Å². The van der Waals surface area contributed by atoms with Crippen LogP contribution in [-0.4, -0.2) is 62.3 Å². The Morgan fingerprint density at radius 2 is 0.982 bits per heavy atom. The second-order valence-corrected chi connectivity index (χ2v) is 16.7. The number of carbonyl (C=O) groups excluding carboxylic acids is 1. The minimum atomic E-state index is -0.415. The van der Waals surface area contributed by atoms with Gasteiger partial charge >= 0.3 is 5.97 Å². The molecule has 9 nitrogen and oxygen atoms in total. The van der Waals surface area contributed by atoms with E-state index in [4.69, 9.17) is 14.6 Å². The highest BCUT2D eigenvalue weighted by Crippen LogP contribution is 2.25. The summed E-state index contributed by atoms with van der Waals surface area (Å²) in [6, 6.07) is 0. The minimum Gasteiger partial charge on any atom is -0.483 e. The number of rotatable bonds is 41. The van der Waals surface area contributed by atoms with Crippen LogP contribution in [0.3, 0.4) is 0 Å². The van der Waals surface area contributed by atoms with Crippen LogP contribution in [0.5, 0.6) is 0 Å². The van der Waals surface area contributed by atoms with Crippen molar-refractivity contribution in [3.05, 3.63) is 20.4 Å². The number of esters is 1. The van der Waals surface area contributed by atoms with E-state index in [1.807, 2.05) is 0 Å². The van der Waals surface area contributed by atoms with E-state index < -0.39 is 10.9 Å². The number of nitrogens with one attached hydrogen (secondary N) is 2. The van der Waals surface area contributed by atoms with Crippen LogP contribution in [0, 0.1) is 11.8 Å². The molecule has 0 aliphatic carbocycles. The lowest BCUT2D eigenvalue weighted by Crippen LogP contribution is -2.37. The lowest BCUT2D eigenvalue weighted by atomic mass is 9.89. The molecule has 0 aliphatic heterocycles. The molecule has 334 valence electrons. The monoisotopic (exact) mass is 806 g/mol. The smallest absolute Gasteiger partial charge is 0.305 e. The topological polar surface area (TPSA) is 125 Å². The number of anilines is 2. The normalized spacial score (nSPS) is 11.4. The molecular formula is C48H91N3O6. The molecule has 0 bridgehead atoms. The fourth-order valence-electron chi connectivity index (χ4n) is 8.07. The van der Waals surface area contributed by atoms with E-state index in [-0.39, 0.29) is 12.4 Å². The van der Waals surface area contributed by atoms with E-state index in [0.29, 0.717) is 36.9 Å². The number of unbranched alkanes of at least 4 members (excludes halogenated alkanes) is 16. The van der Waals surface area contributed by atoms with Gasteiger partial charge in [0.15, 0.2) is 0 Å². The van der Waals surface area contributed by atoms with Crippen LogP contribution < -0.4 is 21.5 Å². The minimum absolute atomic E-state index is 0.0188. The first-order valence-electron chi connectivity index (χ1n) is 24.0. The van der Waals surface area contributed by atoms with E-state index in [2.05, 4.69) is 43.2 Å². The van der Waals surface area contributed by atoms with E-state index in [1.54, 1.807) is 7.05 Å². The second kappa shape index (κ2) is 40.4. The lowest BCUT2D eigenvalue weighted by molar-refractivity contribution is -0.144. The van der Waals surface area contributed by atoms with Crippen molar-refractivity contribution in [1.29, 1.82) is 0 Å². The molecule has 0 saturated heterocycles. The molecular weight excluding hydrogens is 715 g/mol. The maximum absolute atomic E-state index is 12.3. The summed E-state index contributed by atoms with van der Waals surface area (Å²) in [6.07, 6.45) is 37.7. The molecule has 0 aromatic heterocycles. The molecule has 3 N–H and O–H groups in total. The van der Waals surface area contributed by atoms with Gasteiger partial charge in [-0.2, -0.15) is 0 Å². The number of ether oxygens (including phenoxy) is 1. The van der Waals surface area contributed by atoms with Crippen LogP contribution in [0.1, 0.15) is 220 Å². The van der Waals surface area contributed by atoms with Gasteiger partial charge in [-0.3, -0.25) is 19.2 Å². The van der Waals surface area contributed by atoms with E-state index in [9.17, 15) is 14.4 Å². The Labute approximate surface area is 350 Å². The van der Waals surface area contributed by atoms with Crippen LogP contribution in [0.2, 0.25) is 0 Å². The Morgan fingerprint density at radius 1 is 0.579 bits per heavy atom. The third-order valence-corrected chi connectivity index (χ3v) is 11.7. The number of hydrogen-bond donors (Lipinski definition) is 3. The quantitative estimate of drug-likeness (QED) is 0.0257. The molecule has 1 aromatic carbocycles. The second-order valence-electron chi connectivity index (χ2n) is 16.7. The summed E-state index contributed by atoms with van der Waals surface area (Å²) in [5, 5.41) is 13.0. The number of carboxylic acid groups (broad SMARTS) is 1. The highest BCUT2D eigenvalue weighted by molar-refractivity contribution is 5.73. The first-order chi connectivity index (χ1) is 27.8. The van der Waals surface area contributed by atoms with Crippen LogP contribution in [0.4, 0.5) is 11.4 Å². The Morgan fingerprint density at radius 3 is 1.49 bits per heavy atom. The fraction of sp³-hybridized carbons (Fsp3) is 0.875. The van der Waals surface area contributed by atoms with E-state index in [0.717, 1.165) is 57.7 Å². The molecule has 0 saturated carbocycles. The summed E-state index contributed by atoms with van der Waals surface area (Å²) in [5.41, 5.74) is 0.0529. The van der Waals surface area contributed by atoms with Crippen molar-refractivity contribution in [1.82, 2.24) is 4.90 Å². The van der Waals surface area contributed by atoms with Crippen molar-refractivity contribution in [2.24, 2.45) is 11.8 Å². The van der Waals surface area contributed by atoms with E-state index >= 15 is 0 Å². The highest BCUT2D eigenvalue weighted by Gasteiger charge is 2.19. The van der Waals surface area contributed by atoms with Gasteiger partial charge < -0.3 is 25.4 Å². The number of nitrogens with zero attached hydrogens (tertiary/aromatic N) is 1. The van der Waals surface area contributed by atoms with Crippen LogP contribution in [-0.2, 0) is 14.3 Å². The summed E-state index contributed by atoms with van der Waals surface area (Å²) in [4.78, 5) is 47.0. The van der Waals surface area contributed by atoms with Gasteiger partial charge in [0.2, 0.25) is 0 Å². The van der Waals surface area contributed by atoms with Crippen LogP contribution in [0.25, 0.3) is 0 Å². The molecule has 0 amide bonds. The fourth-order valence-corrected chi connectivity index (χ4v) is 8.07. The molecule has 1 rings (SSSR count). The number of hydrogen-bond acceptors (Lipinski definition) is 8. The van der Waals surface area contributed by atoms with Crippen LogP contribution >= 0.6 is 0 Å². The molecule has 0 spiro atoms. The average molecular weight is 806 g/mol. The Kier molecular flexibility index (Phi) is 38.6. The highest BCUT2D eigenvalue weighted by atomic mass is 16.5. The predicted octanol–water partition coefficient (Wildman–Crippen LogP) is 12.3. The largest absolute Gasteiger partial charge is 0.483 e. The molecule has 0 fully saturated rings. The first kappa shape index (κ1) is 54.6. The van der Waals surface area contributed by atoms with Crippen molar-refractivity contribution >= 4 is 23.8 Å². The molecule has 9 heteroatoms. The van der Waals surface area contributed by atoms with Gasteiger partial charge in [-0.25, -0.2) is 0 Å². The summed E-state index contributed by atoms with van der Waals surface area (Å²) in [6.45, 7) is 13.4. The summed E-state index contributed by atoms with van der Waals surface area (Å²) < 4.78 is 5.62. The lowest BCUT2D eigenvalue weighted by Gasteiger charge is -2.23. The zero-order valence-corrected chi connectivity index (χ0v) is 37.9. The van der Waals surface area contributed by atoms with Gasteiger partial charge in [0.1, 0.15) is 11.4 Å². The molecule has 0 atom stereocenters. The maximum atomic E-state index is 12.3. The number of carbonyl (C=O) groups is 2. The standard InChI is InChI=1S/C47H89N3O4.CH2O2/c1-6-10-14-22-31-41(32-23-15-11-7-2)33-24-18-16-20-26-37-50(39-28-36-49-45-44(48-5)46(52)47(45)53)38-27-21-17-19-25-34-43(51)54-40-35-42(29-12-8-3)30-13-9-4;2-1-3/h41-42,48-49H,6-40H2,1-5H3;1H,(H,2,3).